The first-order valence-electron chi connectivity index (χ1n) is 8.15. The van der Waals surface area contributed by atoms with Crippen LogP contribution < -0.4 is 5.32 Å². The number of benzene rings is 1. The highest BCUT2D eigenvalue weighted by Crippen LogP contribution is 2.22. The van der Waals surface area contributed by atoms with E-state index in [4.69, 9.17) is 11.6 Å². The minimum absolute atomic E-state index is 0.0586. The Hall–Kier alpha value is -2.60. The number of halogens is 1. The second kappa shape index (κ2) is 8.67. The molecule has 138 valence electrons. The molecule has 7 heteroatoms. The molecule has 0 aliphatic rings. The maximum atomic E-state index is 12.5. The number of hydrogen-bond donors (Lipinski definition) is 1. The molecule has 0 aliphatic heterocycles. The first-order chi connectivity index (χ1) is 12.3. The Kier molecular flexibility index (Phi) is 6.58. The fraction of sp³-hybridized carbons (Fsp3) is 0.316. The molecule has 2 aromatic rings. The van der Waals surface area contributed by atoms with Gasteiger partial charge in [-0.2, -0.15) is 0 Å². The Morgan fingerprint density at radius 3 is 2.69 bits per heavy atom. The lowest BCUT2D eigenvalue weighted by Crippen LogP contribution is -2.39. The van der Waals surface area contributed by atoms with Gasteiger partial charge in [-0.3, -0.25) is 4.98 Å². The lowest BCUT2D eigenvalue weighted by atomic mass is 10.1. The zero-order valence-corrected chi connectivity index (χ0v) is 16.0. The third-order valence-corrected chi connectivity index (χ3v) is 4.41. The molecule has 0 saturated carbocycles. The summed E-state index contributed by atoms with van der Waals surface area (Å²) in [5.74, 6) is -0.557. The van der Waals surface area contributed by atoms with Crippen LogP contribution in [-0.2, 0) is 11.2 Å². The number of urea groups is 1. The predicted octanol–water partition coefficient (Wildman–Crippen LogP) is 3.92. The van der Waals surface area contributed by atoms with Gasteiger partial charge in [-0.1, -0.05) is 11.6 Å². The van der Waals surface area contributed by atoms with Crippen molar-refractivity contribution >= 4 is 29.3 Å². The normalized spacial score (nSPS) is 11.6. The van der Waals surface area contributed by atoms with E-state index in [2.05, 4.69) is 15.0 Å². The van der Waals surface area contributed by atoms with Crippen molar-refractivity contribution in [3.8, 4) is 0 Å². The van der Waals surface area contributed by atoms with E-state index in [1.807, 2.05) is 26.0 Å². The average molecular weight is 376 g/mol. The number of methoxy groups -OCH3 is 1. The summed E-state index contributed by atoms with van der Waals surface area (Å²) < 4.78 is 4.69. The monoisotopic (exact) mass is 375 g/mol. The number of aryl methyl sites for hydroxylation is 1. The Balaban J connectivity index is 2.05. The predicted molar refractivity (Wildman–Crippen MR) is 102 cm³/mol. The van der Waals surface area contributed by atoms with E-state index in [0.29, 0.717) is 12.1 Å². The van der Waals surface area contributed by atoms with E-state index in [-0.39, 0.29) is 22.7 Å². The van der Waals surface area contributed by atoms with E-state index in [1.54, 1.807) is 30.3 Å². The standard InChI is InChI=1S/C19H22ClN3O3/c1-12-7-8-21-15(9-12)10-13(2)23(3)19(25)22-14-5-6-17(20)16(11-14)18(24)26-4/h5-9,11,13H,10H2,1-4H3,(H,22,25)/t13-/m0/s1. The number of nitrogens with one attached hydrogen (secondary N) is 1. The van der Waals surface area contributed by atoms with Crippen LogP contribution in [0.3, 0.4) is 0 Å². The van der Waals surface area contributed by atoms with Crippen molar-refractivity contribution in [1.29, 1.82) is 0 Å². The zero-order valence-electron chi connectivity index (χ0n) is 15.2. The summed E-state index contributed by atoms with van der Waals surface area (Å²) in [4.78, 5) is 30.1. The molecule has 1 aromatic carbocycles. The second-order valence-corrected chi connectivity index (χ2v) is 6.51. The van der Waals surface area contributed by atoms with Gasteiger partial charge in [-0.25, -0.2) is 9.59 Å². The molecule has 0 aliphatic carbocycles. The summed E-state index contributed by atoms with van der Waals surface area (Å²) >= 11 is 5.99. The molecule has 0 spiro atoms. The van der Waals surface area contributed by atoms with Gasteiger partial charge in [-0.15, -0.1) is 0 Å². The Morgan fingerprint density at radius 1 is 1.31 bits per heavy atom. The fourth-order valence-corrected chi connectivity index (χ4v) is 2.63. The minimum atomic E-state index is -0.557. The summed E-state index contributed by atoms with van der Waals surface area (Å²) in [7, 11) is 2.99. The van der Waals surface area contributed by atoms with Crippen molar-refractivity contribution in [2.75, 3.05) is 19.5 Å². The van der Waals surface area contributed by atoms with Gasteiger partial charge >= 0.3 is 12.0 Å². The largest absolute Gasteiger partial charge is 0.465 e. The lowest BCUT2D eigenvalue weighted by molar-refractivity contribution is 0.0601. The van der Waals surface area contributed by atoms with Crippen LogP contribution in [-0.4, -0.2) is 42.1 Å². The third-order valence-electron chi connectivity index (χ3n) is 4.08. The number of anilines is 1. The van der Waals surface area contributed by atoms with Crippen molar-refractivity contribution in [3.05, 3.63) is 58.4 Å². The molecule has 26 heavy (non-hydrogen) atoms. The van der Waals surface area contributed by atoms with Gasteiger partial charge in [0.1, 0.15) is 0 Å². The van der Waals surface area contributed by atoms with Gasteiger partial charge in [0.25, 0.3) is 0 Å². The molecule has 1 aromatic heterocycles. The first kappa shape index (κ1) is 19.7. The third kappa shape index (κ3) is 4.95. The number of carbonyl (C=O) groups excluding carboxylic acids is 2. The van der Waals surface area contributed by atoms with Crippen LogP contribution in [0, 0.1) is 6.92 Å². The zero-order chi connectivity index (χ0) is 19.3. The van der Waals surface area contributed by atoms with Gasteiger partial charge in [0.05, 0.1) is 17.7 Å². The molecule has 6 nitrogen and oxygen atoms in total. The number of ether oxygens (including phenoxy) is 1. The van der Waals surface area contributed by atoms with Crippen LogP contribution in [0.5, 0.6) is 0 Å². The number of aromatic nitrogens is 1. The van der Waals surface area contributed by atoms with Crippen LogP contribution in [0.15, 0.2) is 36.5 Å². The summed E-state index contributed by atoms with van der Waals surface area (Å²) in [6.07, 6.45) is 2.40. The van der Waals surface area contributed by atoms with Crippen LogP contribution >= 0.6 is 11.6 Å². The van der Waals surface area contributed by atoms with E-state index < -0.39 is 5.97 Å². The number of carbonyl (C=O) groups is 2. The van der Waals surface area contributed by atoms with Crippen molar-refractivity contribution < 1.29 is 14.3 Å². The lowest BCUT2D eigenvalue weighted by Gasteiger charge is -2.25. The van der Waals surface area contributed by atoms with Gasteiger partial charge in [0.2, 0.25) is 0 Å². The molecule has 2 rings (SSSR count). The Bertz CT molecular complexity index is 810. The molecular formula is C19H22ClN3O3. The van der Waals surface area contributed by atoms with Crippen molar-refractivity contribution in [2.24, 2.45) is 0 Å². The molecular weight excluding hydrogens is 354 g/mol. The number of hydrogen-bond acceptors (Lipinski definition) is 4. The van der Waals surface area contributed by atoms with Crippen molar-refractivity contribution in [1.82, 2.24) is 9.88 Å². The average Bonchev–Trinajstić information content (AvgIpc) is 2.61. The first-order valence-corrected chi connectivity index (χ1v) is 8.52. The molecule has 0 radical (unpaired) electrons. The van der Waals surface area contributed by atoms with E-state index >= 15 is 0 Å². The van der Waals surface area contributed by atoms with Gasteiger partial charge in [0.15, 0.2) is 0 Å². The van der Waals surface area contributed by atoms with Gasteiger partial charge < -0.3 is 15.0 Å². The SMILES string of the molecule is COC(=O)c1cc(NC(=O)N(C)[C@@H](C)Cc2cc(C)ccn2)ccc1Cl. The number of rotatable bonds is 5. The maximum absolute atomic E-state index is 12.5. The summed E-state index contributed by atoms with van der Waals surface area (Å²) in [6.45, 7) is 3.96. The fourth-order valence-electron chi connectivity index (χ4n) is 2.43. The molecule has 0 saturated heterocycles. The molecule has 0 bridgehead atoms. The highest BCUT2D eigenvalue weighted by Gasteiger charge is 2.18. The topological polar surface area (TPSA) is 71.5 Å². The van der Waals surface area contributed by atoms with E-state index in [9.17, 15) is 9.59 Å². The van der Waals surface area contributed by atoms with E-state index in [0.717, 1.165) is 11.3 Å². The maximum Gasteiger partial charge on any atom is 0.339 e. The van der Waals surface area contributed by atoms with Crippen LogP contribution in [0.4, 0.5) is 10.5 Å². The number of nitrogens with zero attached hydrogens (tertiary/aromatic N) is 2. The van der Waals surface area contributed by atoms with Crippen molar-refractivity contribution in [2.45, 2.75) is 26.3 Å². The molecule has 0 fully saturated rings. The Labute approximate surface area is 158 Å². The molecule has 0 unspecified atom stereocenters. The van der Waals surface area contributed by atoms with Crippen LogP contribution in [0.25, 0.3) is 0 Å². The molecule has 1 heterocycles. The molecule has 2 amide bonds. The van der Waals surface area contributed by atoms with Crippen LogP contribution in [0.2, 0.25) is 5.02 Å². The number of pyridine rings is 1. The smallest absolute Gasteiger partial charge is 0.339 e. The van der Waals surface area contributed by atoms with Gasteiger partial charge in [-0.05, 0) is 49.7 Å². The molecule has 1 N–H and O–H groups in total. The van der Waals surface area contributed by atoms with Crippen molar-refractivity contribution in [3.63, 3.8) is 0 Å². The van der Waals surface area contributed by atoms with Gasteiger partial charge in [0, 0.05) is 37.1 Å². The summed E-state index contributed by atoms with van der Waals surface area (Å²) in [5.41, 5.74) is 2.72. The van der Waals surface area contributed by atoms with E-state index in [1.165, 1.54) is 13.2 Å². The quantitative estimate of drug-likeness (QED) is 0.804. The number of amides is 2. The van der Waals surface area contributed by atoms with Crippen LogP contribution in [0.1, 0.15) is 28.5 Å². The Morgan fingerprint density at radius 2 is 2.04 bits per heavy atom. The number of esters is 1. The minimum Gasteiger partial charge on any atom is -0.465 e. The highest BCUT2D eigenvalue weighted by atomic mass is 35.5. The highest BCUT2D eigenvalue weighted by molar-refractivity contribution is 6.33. The summed E-state index contributed by atoms with van der Waals surface area (Å²) in [6, 6.07) is 8.26. The summed E-state index contributed by atoms with van der Waals surface area (Å²) in [5, 5.41) is 3.03. The molecule has 1 atom stereocenters. The number of likely N-dealkylation sites (N-methyl/N-ethyl adjacent to an activating group) is 1. The second-order valence-electron chi connectivity index (χ2n) is 6.10.